The lowest BCUT2D eigenvalue weighted by molar-refractivity contribution is 0.314. The van der Waals surface area contributed by atoms with E-state index in [0.717, 1.165) is 12.5 Å². The van der Waals surface area contributed by atoms with Crippen molar-refractivity contribution < 1.29 is 0 Å². The number of halogens is 1. The summed E-state index contributed by atoms with van der Waals surface area (Å²) in [5.41, 5.74) is 0.418. The maximum atomic E-state index is 3.60. The summed E-state index contributed by atoms with van der Waals surface area (Å²) < 4.78 is 0. The van der Waals surface area contributed by atoms with Crippen LogP contribution in [-0.4, -0.2) is 37.6 Å². The molecule has 0 aromatic carbocycles. The average molecular weight is 249 g/mol. The molecule has 1 rings (SSSR count). The molecule has 0 bridgehead atoms. The molecule has 16 heavy (non-hydrogen) atoms. The van der Waals surface area contributed by atoms with Gasteiger partial charge in [-0.1, -0.05) is 27.7 Å². The first-order valence-corrected chi connectivity index (χ1v) is 6.44. The Kier molecular flexibility index (Phi) is 7.62. The van der Waals surface area contributed by atoms with Crippen LogP contribution in [0, 0.1) is 11.3 Å². The van der Waals surface area contributed by atoms with Crippen LogP contribution in [-0.2, 0) is 0 Å². The Morgan fingerprint density at radius 2 is 2.00 bits per heavy atom. The molecular weight excluding hydrogens is 220 g/mol. The molecular formula is C13H29ClN2. The number of nitrogens with zero attached hydrogens (tertiary/aromatic N) is 1. The first-order valence-electron chi connectivity index (χ1n) is 6.44. The Labute approximate surface area is 108 Å². The van der Waals surface area contributed by atoms with Crippen molar-refractivity contribution in [1.29, 1.82) is 0 Å². The zero-order valence-electron chi connectivity index (χ0n) is 11.4. The summed E-state index contributed by atoms with van der Waals surface area (Å²) in [5, 5.41) is 3.60. The zero-order chi connectivity index (χ0) is 11.3. The SMILES string of the molecule is CCCN1CCC(CNCC(C)(C)C)C1.Cl. The second-order valence-corrected chi connectivity index (χ2v) is 6.15. The number of hydrogen-bond acceptors (Lipinski definition) is 2. The lowest BCUT2D eigenvalue weighted by Gasteiger charge is -2.21. The molecule has 0 radical (unpaired) electrons. The minimum Gasteiger partial charge on any atom is -0.316 e. The van der Waals surface area contributed by atoms with E-state index in [0.29, 0.717) is 5.41 Å². The highest BCUT2D eigenvalue weighted by molar-refractivity contribution is 5.85. The number of nitrogens with one attached hydrogen (secondary N) is 1. The van der Waals surface area contributed by atoms with Crippen molar-refractivity contribution in [3.05, 3.63) is 0 Å². The van der Waals surface area contributed by atoms with Gasteiger partial charge in [-0.05, 0) is 50.4 Å². The van der Waals surface area contributed by atoms with Crippen LogP contribution in [0.15, 0.2) is 0 Å². The molecule has 0 spiro atoms. The fourth-order valence-electron chi connectivity index (χ4n) is 2.25. The lowest BCUT2D eigenvalue weighted by atomic mass is 9.96. The molecule has 1 saturated heterocycles. The van der Waals surface area contributed by atoms with E-state index in [1.807, 2.05) is 0 Å². The molecule has 98 valence electrons. The molecule has 1 heterocycles. The molecule has 1 fully saturated rings. The summed E-state index contributed by atoms with van der Waals surface area (Å²) in [6.45, 7) is 15.4. The second-order valence-electron chi connectivity index (χ2n) is 6.15. The number of hydrogen-bond donors (Lipinski definition) is 1. The monoisotopic (exact) mass is 248 g/mol. The van der Waals surface area contributed by atoms with Crippen LogP contribution in [0.1, 0.15) is 40.5 Å². The molecule has 1 atom stereocenters. The molecule has 0 amide bonds. The van der Waals surface area contributed by atoms with Gasteiger partial charge in [0.2, 0.25) is 0 Å². The Morgan fingerprint density at radius 3 is 2.56 bits per heavy atom. The van der Waals surface area contributed by atoms with E-state index in [1.165, 1.54) is 39.0 Å². The van der Waals surface area contributed by atoms with Crippen LogP contribution in [0.3, 0.4) is 0 Å². The zero-order valence-corrected chi connectivity index (χ0v) is 12.2. The first-order chi connectivity index (χ1) is 7.01. The van der Waals surface area contributed by atoms with E-state index in [2.05, 4.69) is 37.9 Å². The minimum absolute atomic E-state index is 0. The Hall–Kier alpha value is 0.210. The highest BCUT2D eigenvalue weighted by atomic mass is 35.5. The Bertz CT molecular complexity index is 177. The molecule has 3 heteroatoms. The van der Waals surface area contributed by atoms with Gasteiger partial charge in [-0.2, -0.15) is 0 Å². The summed E-state index contributed by atoms with van der Waals surface area (Å²) in [6.07, 6.45) is 2.68. The molecule has 0 aromatic rings. The Balaban J connectivity index is 0.00000225. The summed E-state index contributed by atoms with van der Waals surface area (Å²) in [4.78, 5) is 2.60. The molecule has 0 saturated carbocycles. The van der Waals surface area contributed by atoms with Gasteiger partial charge >= 0.3 is 0 Å². The van der Waals surface area contributed by atoms with Gasteiger partial charge in [0.05, 0.1) is 0 Å². The highest BCUT2D eigenvalue weighted by Gasteiger charge is 2.21. The fourth-order valence-corrected chi connectivity index (χ4v) is 2.25. The second kappa shape index (κ2) is 7.52. The van der Waals surface area contributed by atoms with Crippen molar-refractivity contribution in [2.24, 2.45) is 11.3 Å². The van der Waals surface area contributed by atoms with Gasteiger partial charge in [0, 0.05) is 6.54 Å². The van der Waals surface area contributed by atoms with Crippen molar-refractivity contribution in [3.8, 4) is 0 Å². The smallest absolute Gasteiger partial charge is 0.00223 e. The third-order valence-corrected chi connectivity index (χ3v) is 3.00. The normalized spacial score (nSPS) is 22.1. The van der Waals surface area contributed by atoms with Gasteiger partial charge in [0.15, 0.2) is 0 Å². The van der Waals surface area contributed by atoms with Crippen molar-refractivity contribution in [3.63, 3.8) is 0 Å². The van der Waals surface area contributed by atoms with Crippen LogP contribution in [0.2, 0.25) is 0 Å². The van der Waals surface area contributed by atoms with E-state index in [9.17, 15) is 0 Å². The topological polar surface area (TPSA) is 15.3 Å². The summed E-state index contributed by atoms with van der Waals surface area (Å²) >= 11 is 0. The molecule has 1 unspecified atom stereocenters. The van der Waals surface area contributed by atoms with E-state index in [4.69, 9.17) is 0 Å². The standard InChI is InChI=1S/C13H28N2.ClH/c1-5-7-15-8-6-12(10-15)9-14-11-13(2,3)4;/h12,14H,5-11H2,1-4H3;1H. The van der Waals surface area contributed by atoms with Gasteiger partial charge in [0.1, 0.15) is 0 Å². The maximum Gasteiger partial charge on any atom is 0.00223 e. The van der Waals surface area contributed by atoms with Crippen LogP contribution in [0.25, 0.3) is 0 Å². The highest BCUT2D eigenvalue weighted by Crippen LogP contribution is 2.16. The minimum atomic E-state index is 0. The largest absolute Gasteiger partial charge is 0.316 e. The van der Waals surface area contributed by atoms with Gasteiger partial charge < -0.3 is 10.2 Å². The molecule has 0 aromatic heterocycles. The van der Waals surface area contributed by atoms with Gasteiger partial charge in [-0.3, -0.25) is 0 Å². The maximum absolute atomic E-state index is 3.60. The third-order valence-electron chi connectivity index (χ3n) is 3.00. The number of likely N-dealkylation sites (tertiary alicyclic amines) is 1. The van der Waals surface area contributed by atoms with Crippen molar-refractivity contribution in [1.82, 2.24) is 10.2 Å². The molecule has 1 aliphatic heterocycles. The van der Waals surface area contributed by atoms with E-state index in [-0.39, 0.29) is 12.4 Å². The molecule has 2 nitrogen and oxygen atoms in total. The van der Waals surface area contributed by atoms with E-state index in [1.54, 1.807) is 0 Å². The first kappa shape index (κ1) is 16.2. The lowest BCUT2D eigenvalue weighted by Crippen LogP contribution is -2.32. The van der Waals surface area contributed by atoms with Gasteiger partial charge in [-0.25, -0.2) is 0 Å². The van der Waals surface area contributed by atoms with Crippen LogP contribution >= 0.6 is 12.4 Å². The van der Waals surface area contributed by atoms with E-state index < -0.39 is 0 Å². The van der Waals surface area contributed by atoms with Crippen LogP contribution in [0.5, 0.6) is 0 Å². The molecule has 0 aliphatic carbocycles. The van der Waals surface area contributed by atoms with Crippen molar-refractivity contribution in [2.75, 3.05) is 32.7 Å². The fraction of sp³-hybridized carbons (Fsp3) is 1.00. The summed E-state index contributed by atoms with van der Waals surface area (Å²) in [6, 6.07) is 0. The average Bonchev–Trinajstić information content (AvgIpc) is 2.51. The van der Waals surface area contributed by atoms with E-state index >= 15 is 0 Å². The van der Waals surface area contributed by atoms with Gasteiger partial charge in [0.25, 0.3) is 0 Å². The van der Waals surface area contributed by atoms with Crippen LogP contribution < -0.4 is 5.32 Å². The van der Waals surface area contributed by atoms with Crippen LogP contribution in [0.4, 0.5) is 0 Å². The summed E-state index contributed by atoms with van der Waals surface area (Å²) in [5.74, 6) is 0.888. The number of rotatable bonds is 5. The van der Waals surface area contributed by atoms with Crippen molar-refractivity contribution >= 4 is 12.4 Å². The quantitative estimate of drug-likeness (QED) is 0.805. The predicted molar refractivity (Wildman–Crippen MR) is 74.4 cm³/mol. The van der Waals surface area contributed by atoms with Gasteiger partial charge in [-0.15, -0.1) is 12.4 Å². The molecule has 1 aliphatic rings. The third kappa shape index (κ3) is 6.72. The Morgan fingerprint density at radius 1 is 1.31 bits per heavy atom. The molecule has 1 N–H and O–H groups in total. The summed E-state index contributed by atoms with van der Waals surface area (Å²) in [7, 11) is 0. The van der Waals surface area contributed by atoms with Crippen molar-refractivity contribution in [2.45, 2.75) is 40.5 Å². The predicted octanol–water partition coefficient (Wildman–Crippen LogP) is 2.78.